The SMILES string of the molecule is COc1cc(C2=C3C=CC(Br)=[N+]3[B-](F)(F)n3c(Br)ccc32)c(F)cc1Br. The maximum absolute atomic E-state index is 15.2. The molecule has 2 aliphatic heterocycles. The van der Waals surface area contributed by atoms with Crippen molar-refractivity contribution < 1.29 is 22.2 Å². The van der Waals surface area contributed by atoms with Gasteiger partial charge >= 0.3 is 6.97 Å². The Hall–Kier alpha value is -1.26. The van der Waals surface area contributed by atoms with Crippen molar-refractivity contribution in [1.82, 2.24) is 4.48 Å². The van der Waals surface area contributed by atoms with E-state index < -0.39 is 12.8 Å². The molecule has 0 fully saturated rings. The van der Waals surface area contributed by atoms with Gasteiger partial charge in [-0.05, 0) is 56.1 Å². The fourth-order valence-electron chi connectivity index (χ4n) is 3.29. The van der Waals surface area contributed by atoms with Crippen LogP contribution in [0.25, 0.3) is 5.57 Å². The number of halogens is 6. The van der Waals surface area contributed by atoms with E-state index >= 15 is 8.63 Å². The molecule has 26 heavy (non-hydrogen) atoms. The molecule has 1 aromatic carbocycles. The van der Waals surface area contributed by atoms with E-state index in [1.807, 2.05) is 0 Å². The number of allylic oxidation sites excluding steroid dienone is 2. The third-order valence-electron chi connectivity index (χ3n) is 4.38. The predicted molar refractivity (Wildman–Crippen MR) is 106 cm³/mol. The molecule has 0 saturated carbocycles. The smallest absolute Gasteiger partial charge is 0.496 e. The Kier molecular flexibility index (Phi) is 4.28. The lowest BCUT2D eigenvalue weighted by Crippen LogP contribution is -2.50. The number of nitrogens with zero attached hydrogens (tertiary/aromatic N) is 2. The first-order valence-electron chi connectivity index (χ1n) is 7.44. The lowest BCUT2D eigenvalue weighted by Gasteiger charge is -2.32. The zero-order valence-corrected chi connectivity index (χ0v) is 17.9. The van der Waals surface area contributed by atoms with E-state index in [9.17, 15) is 4.39 Å². The van der Waals surface area contributed by atoms with E-state index in [4.69, 9.17) is 4.74 Å². The van der Waals surface area contributed by atoms with E-state index in [0.29, 0.717) is 15.8 Å². The summed E-state index contributed by atoms with van der Waals surface area (Å²) in [5.74, 6) is -0.135. The molecule has 2 aliphatic rings. The minimum atomic E-state index is -4.14. The fourth-order valence-corrected chi connectivity index (χ4v) is 4.90. The first kappa shape index (κ1) is 18.1. The lowest BCUT2D eigenvalue weighted by molar-refractivity contribution is -0.358. The van der Waals surface area contributed by atoms with Crippen molar-refractivity contribution in [2.24, 2.45) is 0 Å². The van der Waals surface area contributed by atoms with Gasteiger partial charge in [0, 0.05) is 39.3 Å². The van der Waals surface area contributed by atoms with Gasteiger partial charge in [-0.2, -0.15) is 0 Å². The van der Waals surface area contributed by atoms with Crippen LogP contribution >= 0.6 is 47.8 Å². The summed E-state index contributed by atoms with van der Waals surface area (Å²) in [4.78, 5) is 0. The van der Waals surface area contributed by atoms with Crippen molar-refractivity contribution in [2.75, 3.05) is 7.11 Å². The first-order valence-corrected chi connectivity index (χ1v) is 9.82. The zero-order valence-electron chi connectivity index (χ0n) is 13.1. The number of hydrogen-bond acceptors (Lipinski definition) is 1. The quantitative estimate of drug-likeness (QED) is 0.448. The van der Waals surface area contributed by atoms with Crippen LogP contribution in [0, 0.1) is 5.82 Å². The Morgan fingerprint density at radius 1 is 1.12 bits per heavy atom. The van der Waals surface area contributed by atoms with Crippen LogP contribution in [-0.4, -0.2) is 27.7 Å². The van der Waals surface area contributed by atoms with E-state index in [-0.39, 0.29) is 26.2 Å². The minimum absolute atomic E-state index is 0.176. The van der Waals surface area contributed by atoms with E-state index in [1.54, 1.807) is 12.1 Å². The molecule has 4 rings (SSSR count). The Morgan fingerprint density at radius 3 is 2.54 bits per heavy atom. The third kappa shape index (κ3) is 2.41. The van der Waals surface area contributed by atoms with Crippen LogP contribution in [0.1, 0.15) is 11.3 Å². The molecule has 0 atom stereocenters. The summed E-state index contributed by atoms with van der Waals surface area (Å²) < 4.78 is 53.1. The van der Waals surface area contributed by atoms with E-state index in [2.05, 4.69) is 47.8 Å². The number of benzene rings is 1. The van der Waals surface area contributed by atoms with Crippen molar-refractivity contribution in [2.45, 2.75) is 0 Å². The summed E-state index contributed by atoms with van der Waals surface area (Å²) in [5, 5.41) is 0. The molecule has 0 unspecified atom stereocenters. The molecule has 0 amide bonds. The molecule has 0 radical (unpaired) electrons. The molecule has 10 heteroatoms. The summed E-state index contributed by atoms with van der Waals surface area (Å²) in [6, 6.07) is 5.85. The molecule has 0 saturated heterocycles. The van der Waals surface area contributed by atoms with Crippen molar-refractivity contribution in [3.05, 3.63) is 68.3 Å². The monoisotopic (exact) mass is 550 g/mol. The maximum atomic E-state index is 15.2. The number of fused-ring (bicyclic) bond motifs is 2. The molecule has 0 bridgehead atoms. The molecule has 3 heterocycles. The first-order chi connectivity index (χ1) is 12.3. The van der Waals surface area contributed by atoms with Gasteiger partial charge in [-0.1, -0.05) is 0 Å². The summed E-state index contributed by atoms with van der Waals surface area (Å²) in [6.45, 7) is -4.14. The summed E-state index contributed by atoms with van der Waals surface area (Å²) in [7, 11) is 1.46. The van der Waals surface area contributed by atoms with Crippen molar-refractivity contribution >= 4 is 65.0 Å². The maximum Gasteiger partial charge on any atom is 0.738 e. The zero-order chi connectivity index (χ0) is 18.8. The Morgan fingerprint density at radius 2 is 1.85 bits per heavy atom. The van der Waals surface area contributed by atoms with Gasteiger partial charge in [0.2, 0.25) is 4.62 Å². The number of ether oxygens (including phenoxy) is 1. The molecular weight excluding hydrogens is 544 g/mol. The van der Waals surface area contributed by atoms with Crippen LogP contribution in [-0.2, 0) is 0 Å². The second kappa shape index (κ2) is 6.14. The molecule has 1 aromatic heterocycles. The number of methoxy groups -OCH3 is 1. The molecule has 0 N–H and O–H groups in total. The fraction of sp³-hybridized carbons (Fsp3) is 0.0625. The predicted octanol–water partition coefficient (Wildman–Crippen LogP) is 5.53. The van der Waals surface area contributed by atoms with Crippen molar-refractivity contribution in [1.29, 1.82) is 0 Å². The van der Waals surface area contributed by atoms with E-state index in [1.165, 1.54) is 31.4 Å². The lowest BCUT2D eigenvalue weighted by atomic mass is 9.86. The average molecular weight is 553 g/mol. The van der Waals surface area contributed by atoms with Crippen LogP contribution in [0.2, 0.25) is 0 Å². The summed E-state index contributed by atoms with van der Waals surface area (Å²) in [5.41, 5.74) is 0.985. The Labute approximate surface area is 172 Å². The minimum Gasteiger partial charge on any atom is -0.496 e. The topological polar surface area (TPSA) is 17.2 Å². The van der Waals surface area contributed by atoms with Crippen LogP contribution in [0.3, 0.4) is 0 Å². The van der Waals surface area contributed by atoms with Crippen LogP contribution in [0.5, 0.6) is 5.75 Å². The summed E-state index contributed by atoms with van der Waals surface area (Å²) in [6.07, 6.45) is 3.08. The van der Waals surface area contributed by atoms with Crippen LogP contribution in [0.4, 0.5) is 13.0 Å². The van der Waals surface area contributed by atoms with Gasteiger partial charge in [-0.15, -0.1) is 0 Å². The van der Waals surface area contributed by atoms with Crippen molar-refractivity contribution in [3.63, 3.8) is 0 Å². The highest BCUT2D eigenvalue weighted by Crippen LogP contribution is 2.44. The molecule has 0 spiro atoms. The molecule has 2 aromatic rings. The van der Waals surface area contributed by atoms with Gasteiger partial charge in [0.05, 0.1) is 21.8 Å². The van der Waals surface area contributed by atoms with Gasteiger partial charge in [0.15, 0.2) is 5.70 Å². The van der Waals surface area contributed by atoms with Gasteiger partial charge in [0.25, 0.3) is 0 Å². The highest BCUT2D eigenvalue weighted by atomic mass is 79.9. The van der Waals surface area contributed by atoms with Gasteiger partial charge in [-0.3, -0.25) is 0 Å². The van der Waals surface area contributed by atoms with E-state index in [0.717, 1.165) is 8.96 Å². The average Bonchev–Trinajstić information content (AvgIpc) is 3.14. The standard InChI is InChI=1S/C16H9BBr3F3N2O/c1-26-13-6-8(10(21)7-9(13)18)16-11-2-4-14(19)24(11)17(22,23)25-12(16)3-5-15(25)20/h2-7H,1H3. The van der Waals surface area contributed by atoms with Crippen LogP contribution < -0.4 is 4.74 Å². The number of aromatic nitrogens is 1. The molecule has 134 valence electrons. The highest BCUT2D eigenvalue weighted by molar-refractivity contribution is 9.18. The van der Waals surface area contributed by atoms with Gasteiger partial charge < -0.3 is 22.3 Å². The summed E-state index contributed by atoms with van der Waals surface area (Å²) >= 11 is 9.60. The third-order valence-corrected chi connectivity index (χ3v) is 6.29. The number of rotatable bonds is 2. The number of hydrogen-bond donors (Lipinski definition) is 0. The molecular formula is C16H9BBr3F3N2O. The Balaban J connectivity index is 2.11. The highest BCUT2D eigenvalue weighted by Gasteiger charge is 2.54. The second-order valence-corrected chi connectivity index (χ2v) is 8.23. The van der Waals surface area contributed by atoms with Crippen LogP contribution in [0.15, 0.2) is 51.2 Å². The molecule has 3 nitrogen and oxygen atoms in total. The largest absolute Gasteiger partial charge is 0.738 e. The normalized spacial score (nSPS) is 17.7. The Bertz CT molecular complexity index is 1060. The van der Waals surface area contributed by atoms with Crippen molar-refractivity contribution in [3.8, 4) is 5.75 Å². The van der Waals surface area contributed by atoms with Gasteiger partial charge in [0.1, 0.15) is 11.6 Å². The molecule has 0 aliphatic carbocycles. The van der Waals surface area contributed by atoms with Gasteiger partial charge in [-0.25, -0.2) is 4.39 Å². The second-order valence-electron chi connectivity index (χ2n) is 5.75.